The molecular formula is C23H20FN3O4. The first-order valence-corrected chi connectivity index (χ1v) is 9.22. The zero-order valence-electron chi connectivity index (χ0n) is 16.9. The molecule has 0 saturated heterocycles. The van der Waals surface area contributed by atoms with Crippen LogP contribution >= 0.6 is 0 Å². The molecule has 0 bridgehead atoms. The molecule has 0 unspecified atom stereocenters. The molecule has 0 spiro atoms. The van der Waals surface area contributed by atoms with E-state index in [4.69, 9.17) is 9.47 Å². The van der Waals surface area contributed by atoms with Crippen molar-refractivity contribution in [2.75, 3.05) is 19.5 Å². The number of amides is 2. The van der Waals surface area contributed by atoms with Crippen LogP contribution in [-0.2, 0) is 0 Å². The van der Waals surface area contributed by atoms with Crippen molar-refractivity contribution in [3.05, 3.63) is 89.2 Å². The molecule has 0 atom stereocenters. The summed E-state index contributed by atoms with van der Waals surface area (Å²) in [7, 11) is 3.08. The highest BCUT2D eigenvalue weighted by Crippen LogP contribution is 2.23. The van der Waals surface area contributed by atoms with Crippen molar-refractivity contribution >= 4 is 23.7 Å². The standard InChI is InChI=1S/C23H20FN3O4/c1-30-20-11-8-17(21(13-20)31-2)14-25-27-23(29)16-4-3-5-19(12-16)26-22(28)15-6-9-18(24)10-7-15/h3-14H,1-2H3,(H,26,28)(H,27,29). The highest BCUT2D eigenvalue weighted by Gasteiger charge is 2.09. The molecule has 158 valence electrons. The molecule has 3 aromatic rings. The summed E-state index contributed by atoms with van der Waals surface area (Å²) >= 11 is 0. The van der Waals surface area contributed by atoms with Gasteiger partial charge in [0.2, 0.25) is 0 Å². The van der Waals surface area contributed by atoms with Crippen LogP contribution in [0.25, 0.3) is 0 Å². The Hall–Kier alpha value is -4.20. The minimum absolute atomic E-state index is 0.300. The summed E-state index contributed by atoms with van der Waals surface area (Å²) in [4.78, 5) is 24.7. The summed E-state index contributed by atoms with van der Waals surface area (Å²) in [5.74, 6) is -0.118. The Morgan fingerprint density at radius 3 is 2.39 bits per heavy atom. The van der Waals surface area contributed by atoms with Crippen LogP contribution in [0.2, 0.25) is 0 Å². The first-order valence-electron chi connectivity index (χ1n) is 9.22. The van der Waals surface area contributed by atoms with E-state index in [1.54, 1.807) is 43.5 Å². The van der Waals surface area contributed by atoms with Gasteiger partial charge in [-0.3, -0.25) is 9.59 Å². The normalized spacial score (nSPS) is 10.5. The van der Waals surface area contributed by atoms with E-state index in [2.05, 4.69) is 15.8 Å². The Morgan fingerprint density at radius 1 is 0.903 bits per heavy atom. The zero-order valence-corrected chi connectivity index (χ0v) is 16.9. The van der Waals surface area contributed by atoms with E-state index >= 15 is 0 Å². The number of hydrogen-bond donors (Lipinski definition) is 2. The number of hydrazone groups is 1. The van der Waals surface area contributed by atoms with Crippen LogP contribution in [0.1, 0.15) is 26.3 Å². The number of nitrogens with one attached hydrogen (secondary N) is 2. The quantitative estimate of drug-likeness (QED) is 0.448. The van der Waals surface area contributed by atoms with E-state index in [-0.39, 0.29) is 0 Å². The lowest BCUT2D eigenvalue weighted by molar-refractivity contribution is 0.0953. The molecule has 0 heterocycles. The predicted molar refractivity (Wildman–Crippen MR) is 115 cm³/mol. The average molecular weight is 421 g/mol. The van der Waals surface area contributed by atoms with Crippen LogP contribution in [-0.4, -0.2) is 32.2 Å². The third-order valence-corrected chi connectivity index (χ3v) is 4.30. The Morgan fingerprint density at radius 2 is 1.68 bits per heavy atom. The molecule has 8 heteroatoms. The Balaban J connectivity index is 1.65. The smallest absolute Gasteiger partial charge is 0.271 e. The Labute approximate surface area is 178 Å². The predicted octanol–water partition coefficient (Wildman–Crippen LogP) is 3.86. The molecule has 0 aliphatic rings. The Kier molecular flexibility index (Phi) is 6.95. The van der Waals surface area contributed by atoms with E-state index < -0.39 is 17.6 Å². The molecule has 3 aromatic carbocycles. The molecule has 0 aromatic heterocycles. The second-order valence-corrected chi connectivity index (χ2v) is 6.35. The molecule has 0 fully saturated rings. The minimum Gasteiger partial charge on any atom is -0.497 e. The zero-order chi connectivity index (χ0) is 22.2. The topological polar surface area (TPSA) is 89.0 Å². The van der Waals surface area contributed by atoms with Crippen molar-refractivity contribution in [2.24, 2.45) is 5.10 Å². The summed E-state index contributed by atoms with van der Waals surface area (Å²) in [6, 6.07) is 16.7. The van der Waals surface area contributed by atoms with E-state index in [1.807, 2.05) is 0 Å². The van der Waals surface area contributed by atoms with E-state index in [0.29, 0.717) is 33.9 Å². The van der Waals surface area contributed by atoms with Gasteiger partial charge in [-0.05, 0) is 54.6 Å². The maximum Gasteiger partial charge on any atom is 0.271 e. The van der Waals surface area contributed by atoms with Gasteiger partial charge < -0.3 is 14.8 Å². The van der Waals surface area contributed by atoms with Gasteiger partial charge in [0.05, 0.1) is 20.4 Å². The maximum absolute atomic E-state index is 13.0. The summed E-state index contributed by atoms with van der Waals surface area (Å²) in [5, 5.41) is 6.63. The Bertz CT molecular complexity index is 1110. The van der Waals surface area contributed by atoms with Crippen molar-refractivity contribution in [2.45, 2.75) is 0 Å². The number of anilines is 1. The summed E-state index contributed by atoms with van der Waals surface area (Å²) < 4.78 is 23.4. The van der Waals surface area contributed by atoms with Crippen LogP contribution < -0.4 is 20.2 Å². The monoisotopic (exact) mass is 421 g/mol. The average Bonchev–Trinajstić information content (AvgIpc) is 2.79. The lowest BCUT2D eigenvalue weighted by Crippen LogP contribution is -2.18. The molecular weight excluding hydrogens is 401 g/mol. The van der Waals surface area contributed by atoms with E-state index in [1.165, 1.54) is 43.7 Å². The lowest BCUT2D eigenvalue weighted by Gasteiger charge is -2.08. The SMILES string of the molecule is COc1ccc(C=NNC(=O)c2cccc(NC(=O)c3ccc(F)cc3)c2)c(OC)c1. The van der Waals surface area contributed by atoms with Crippen LogP contribution in [0, 0.1) is 5.82 Å². The number of benzene rings is 3. The van der Waals surface area contributed by atoms with Crippen LogP contribution in [0.4, 0.5) is 10.1 Å². The second-order valence-electron chi connectivity index (χ2n) is 6.35. The first-order chi connectivity index (χ1) is 15.0. The largest absolute Gasteiger partial charge is 0.497 e. The number of halogens is 1. The number of ether oxygens (including phenoxy) is 2. The molecule has 0 radical (unpaired) electrons. The number of hydrogen-bond acceptors (Lipinski definition) is 5. The molecule has 7 nitrogen and oxygen atoms in total. The van der Waals surface area contributed by atoms with Gasteiger partial charge in [0.25, 0.3) is 11.8 Å². The van der Waals surface area contributed by atoms with Crippen LogP contribution in [0.3, 0.4) is 0 Å². The van der Waals surface area contributed by atoms with Gasteiger partial charge >= 0.3 is 0 Å². The summed E-state index contributed by atoms with van der Waals surface area (Å²) in [5.41, 5.74) is 4.11. The van der Waals surface area contributed by atoms with E-state index in [0.717, 1.165) is 0 Å². The highest BCUT2D eigenvalue weighted by molar-refractivity contribution is 6.05. The van der Waals surface area contributed by atoms with Crippen molar-refractivity contribution in [1.82, 2.24) is 5.43 Å². The number of carbonyl (C=O) groups excluding carboxylic acids is 2. The van der Waals surface area contributed by atoms with Gasteiger partial charge in [0.1, 0.15) is 17.3 Å². The fourth-order valence-corrected chi connectivity index (χ4v) is 2.69. The van der Waals surface area contributed by atoms with Gasteiger partial charge in [-0.15, -0.1) is 0 Å². The highest BCUT2D eigenvalue weighted by atomic mass is 19.1. The molecule has 2 N–H and O–H groups in total. The van der Waals surface area contributed by atoms with Gasteiger partial charge in [-0.25, -0.2) is 9.82 Å². The number of rotatable bonds is 7. The molecule has 2 amide bonds. The van der Waals surface area contributed by atoms with Gasteiger partial charge in [0, 0.05) is 28.4 Å². The first kappa shape index (κ1) is 21.5. The van der Waals surface area contributed by atoms with Crippen molar-refractivity contribution < 1.29 is 23.5 Å². The lowest BCUT2D eigenvalue weighted by atomic mass is 10.1. The van der Waals surface area contributed by atoms with Crippen LogP contribution in [0.15, 0.2) is 71.8 Å². The summed E-state index contributed by atoms with van der Waals surface area (Å²) in [6.07, 6.45) is 1.45. The molecule has 0 aliphatic carbocycles. The fraction of sp³-hybridized carbons (Fsp3) is 0.0870. The van der Waals surface area contributed by atoms with E-state index in [9.17, 15) is 14.0 Å². The van der Waals surface area contributed by atoms with Gasteiger partial charge in [0.15, 0.2) is 0 Å². The van der Waals surface area contributed by atoms with Crippen molar-refractivity contribution in [3.63, 3.8) is 0 Å². The van der Waals surface area contributed by atoms with Crippen LogP contribution in [0.5, 0.6) is 11.5 Å². The number of nitrogens with zero attached hydrogens (tertiary/aromatic N) is 1. The second kappa shape index (κ2) is 10.0. The number of carbonyl (C=O) groups is 2. The third kappa shape index (κ3) is 5.66. The van der Waals surface area contributed by atoms with Gasteiger partial charge in [-0.1, -0.05) is 6.07 Å². The van der Waals surface area contributed by atoms with Crippen molar-refractivity contribution in [1.29, 1.82) is 0 Å². The van der Waals surface area contributed by atoms with Crippen molar-refractivity contribution in [3.8, 4) is 11.5 Å². The summed E-state index contributed by atoms with van der Waals surface area (Å²) in [6.45, 7) is 0. The maximum atomic E-state index is 13.0. The fourth-order valence-electron chi connectivity index (χ4n) is 2.69. The molecule has 0 aliphatic heterocycles. The molecule has 3 rings (SSSR count). The van der Waals surface area contributed by atoms with Gasteiger partial charge in [-0.2, -0.15) is 5.10 Å². The minimum atomic E-state index is -0.457. The molecule has 0 saturated carbocycles. The number of methoxy groups -OCH3 is 2. The third-order valence-electron chi connectivity index (χ3n) is 4.30. The molecule has 31 heavy (non-hydrogen) atoms.